The topological polar surface area (TPSA) is 58.5 Å². The summed E-state index contributed by atoms with van der Waals surface area (Å²) >= 11 is 0. The number of nitrogens with zero attached hydrogens (tertiary/aromatic N) is 1. The van der Waals surface area contributed by atoms with E-state index in [-0.39, 0.29) is 4.90 Å². The van der Waals surface area contributed by atoms with Gasteiger partial charge in [0.15, 0.2) is 0 Å². The molecule has 0 atom stereocenters. The number of rotatable bonds is 4. The molecule has 0 aliphatic rings. The first kappa shape index (κ1) is 14.2. The minimum Gasteiger partial charge on any atom is -0.207 e. The fourth-order valence-corrected chi connectivity index (χ4v) is 2.32. The van der Waals surface area contributed by atoms with Crippen LogP contribution in [-0.4, -0.2) is 14.6 Å². The Hall–Kier alpha value is -2.21. The molecule has 0 radical (unpaired) electrons. The molecule has 2 aromatic rings. The minimum atomic E-state index is -3.70. The minimum absolute atomic E-state index is 0.125. The summed E-state index contributed by atoms with van der Waals surface area (Å²) in [5.41, 5.74) is 1.43. The standard InChI is InChI=1S/C14H13FN2O2S/c1-11-5-7-14(8-6-11)20(18,19)17-16-10-12-3-2-4-13(15)9-12/h2-10,17H,1H3/b16-10+. The Bertz CT molecular complexity index is 725. The Kier molecular flexibility index (Phi) is 4.14. The zero-order chi connectivity index (χ0) is 14.6. The third-order valence-electron chi connectivity index (χ3n) is 2.57. The highest BCUT2D eigenvalue weighted by atomic mass is 32.2. The Labute approximate surface area is 117 Å². The second kappa shape index (κ2) is 5.83. The molecule has 1 N–H and O–H groups in total. The molecule has 6 heteroatoms. The highest BCUT2D eigenvalue weighted by Crippen LogP contribution is 2.09. The van der Waals surface area contributed by atoms with Crippen LogP contribution in [0.25, 0.3) is 0 Å². The lowest BCUT2D eigenvalue weighted by Crippen LogP contribution is -2.18. The molecule has 0 heterocycles. The molecule has 0 aromatic heterocycles. The van der Waals surface area contributed by atoms with Gasteiger partial charge in [-0.05, 0) is 36.8 Å². The quantitative estimate of drug-likeness (QED) is 0.695. The molecule has 20 heavy (non-hydrogen) atoms. The first-order valence-corrected chi connectivity index (χ1v) is 7.33. The van der Waals surface area contributed by atoms with Crippen molar-refractivity contribution in [3.8, 4) is 0 Å². The van der Waals surface area contributed by atoms with Gasteiger partial charge >= 0.3 is 0 Å². The van der Waals surface area contributed by atoms with Gasteiger partial charge in [-0.15, -0.1) is 0 Å². The van der Waals surface area contributed by atoms with E-state index in [1.54, 1.807) is 18.2 Å². The van der Waals surface area contributed by atoms with E-state index in [2.05, 4.69) is 9.93 Å². The van der Waals surface area contributed by atoms with E-state index in [0.717, 1.165) is 5.56 Å². The zero-order valence-corrected chi connectivity index (χ0v) is 11.6. The summed E-state index contributed by atoms with van der Waals surface area (Å²) in [5.74, 6) is -0.407. The summed E-state index contributed by atoms with van der Waals surface area (Å²) in [6.45, 7) is 1.87. The van der Waals surface area contributed by atoms with Gasteiger partial charge in [0, 0.05) is 0 Å². The van der Waals surface area contributed by atoms with Gasteiger partial charge in [0.05, 0.1) is 11.1 Å². The Morgan fingerprint density at radius 2 is 1.85 bits per heavy atom. The van der Waals surface area contributed by atoms with E-state index in [9.17, 15) is 12.8 Å². The smallest absolute Gasteiger partial charge is 0.207 e. The van der Waals surface area contributed by atoms with E-state index in [1.807, 2.05) is 6.92 Å². The van der Waals surface area contributed by atoms with Crippen molar-refractivity contribution in [1.29, 1.82) is 0 Å². The molecule has 0 aliphatic heterocycles. The second-order valence-electron chi connectivity index (χ2n) is 4.22. The van der Waals surface area contributed by atoms with Crippen molar-refractivity contribution < 1.29 is 12.8 Å². The highest BCUT2D eigenvalue weighted by molar-refractivity contribution is 7.89. The van der Waals surface area contributed by atoms with Gasteiger partial charge in [0.1, 0.15) is 5.82 Å². The molecule has 4 nitrogen and oxygen atoms in total. The molecule has 0 aliphatic carbocycles. The van der Waals surface area contributed by atoms with Crippen LogP contribution >= 0.6 is 0 Å². The fraction of sp³-hybridized carbons (Fsp3) is 0.0714. The van der Waals surface area contributed by atoms with Crippen molar-refractivity contribution in [3.05, 3.63) is 65.5 Å². The maximum absolute atomic E-state index is 12.9. The largest absolute Gasteiger partial charge is 0.276 e. The van der Waals surface area contributed by atoms with Crippen molar-refractivity contribution in [2.75, 3.05) is 0 Å². The van der Waals surface area contributed by atoms with Gasteiger partial charge in [-0.2, -0.15) is 13.5 Å². The van der Waals surface area contributed by atoms with Crippen LogP contribution in [0.5, 0.6) is 0 Å². The summed E-state index contributed by atoms with van der Waals surface area (Å²) < 4.78 is 36.7. The predicted octanol–water partition coefficient (Wildman–Crippen LogP) is 2.45. The summed E-state index contributed by atoms with van der Waals surface area (Å²) in [6, 6.07) is 12.1. The fourth-order valence-electron chi connectivity index (χ4n) is 1.53. The average Bonchev–Trinajstić information content (AvgIpc) is 2.39. The third kappa shape index (κ3) is 3.64. The van der Waals surface area contributed by atoms with Gasteiger partial charge < -0.3 is 0 Å². The molecule has 0 spiro atoms. The van der Waals surface area contributed by atoms with E-state index < -0.39 is 15.8 Å². The molecule has 0 bridgehead atoms. The van der Waals surface area contributed by atoms with Crippen molar-refractivity contribution in [2.24, 2.45) is 5.10 Å². The maximum atomic E-state index is 12.9. The SMILES string of the molecule is Cc1ccc(S(=O)(=O)N/N=C/c2cccc(F)c2)cc1. The summed E-state index contributed by atoms with van der Waals surface area (Å²) in [6.07, 6.45) is 1.24. The van der Waals surface area contributed by atoms with Gasteiger partial charge in [-0.1, -0.05) is 29.8 Å². The number of hydrogen-bond acceptors (Lipinski definition) is 3. The van der Waals surface area contributed by atoms with Gasteiger partial charge in [0.2, 0.25) is 0 Å². The second-order valence-corrected chi connectivity index (χ2v) is 5.88. The van der Waals surface area contributed by atoms with Crippen molar-refractivity contribution in [1.82, 2.24) is 4.83 Å². The number of sulfonamides is 1. The van der Waals surface area contributed by atoms with E-state index in [4.69, 9.17) is 0 Å². The van der Waals surface area contributed by atoms with Crippen molar-refractivity contribution >= 4 is 16.2 Å². The zero-order valence-electron chi connectivity index (χ0n) is 10.7. The molecule has 2 aromatic carbocycles. The molecule has 104 valence electrons. The Morgan fingerprint density at radius 3 is 2.50 bits per heavy atom. The summed E-state index contributed by atoms with van der Waals surface area (Å²) in [4.78, 5) is 2.21. The lowest BCUT2D eigenvalue weighted by atomic mass is 10.2. The van der Waals surface area contributed by atoms with Gasteiger partial charge in [-0.3, -0.25) is 0 Å². The molecule has 0 saturated carbocycles. The number of nitrogens with one attached hydrogen (secondary N) is 1. The Balaban J connectivity index is 2.11. The molecular weight excluding hydrogens is 279 g/mol. The molecular formula is C14H13FN2O2S. The molecule has 0 fully saturated rings. The van der Waals surface area contributed by atoms with Crippen LogP contribution < -0.4 is 4.83 Å². The molecule has 0 saturated heterocycles. The van der Waals surface area contributed by atoms with Crippen LogP contribution in [0.3, 0.4) is 0 Å². The Morgan fingerprint density at radius 1 is 1.15 bits per heavy atom. The number of aryl methyl sites for hydroxylation is 1. The van der Waals surface area contributed by atoms with Crippen LogP contribution in [0.4, 0.5) is 4.39 Å². The predicted molar refractivity (Wildman–Crippen MR) is 75.5 cm³/mol. The average molecular weight is 292 g/mol. The first-order chi connectivity index (χ1) is 9.47. The van der Waals surface area contributed by atoms with Crippen LogP contribution in [0.1, 0.15) is 11.1 Å². The lowest BCUT2D eigenvalue weighted by Gasteiger charge is -2.03. The van der Waals surface area contributed by atoms with E-state index in [0.29, 0.717) is 5.56 Å². The number of benzene rings is 2. The van der Waals surface area contributed by atoms with Crippen LogP contribution in [0.2, 0.25) is 0 Å². The molecule has 0 amide bonds. The maximum Gasteiger partial charge on any atom is 0.276 e. The van der Waals surface area contributed by atoms with Crippen LogP contribution in [0, 0.1) is 12.7 Å². The highest BCUT2D eigenvalue weighted by Gasteiger charge is 2.11. The van der Waals surface area contributed by atoms with Gasteiger partial charge in [-0.25, -0.2) is 9.22 Å². The number of hydrazone groups is 1. The van der Waals surface area contributed by atoms with E-state index in [1.165, 1.54) is 36.5 Å². The number of halogens is 1. The number of hydrogen-bond donors (Lipinski definition) is 1. The van der Waals surface area contributed by atoms with Gasteiger partial charge in [0.25, 0.3) is 10.0 Å². The van der Waals surface area contributed by atoms with Crippen molar-refractivity contribution in [2.45, 2.75) is 11.8 Å². The first-order valence-electron chi connectivity index (χ1n) is 5.84. The summed E-state index contributed by atoms with van der Waals surface area (Å²) in [7, 11) is -3.70. The molecule has 0 unspecified atom stereocenters. The monoisotopic (exact) mass is 292 g/mol. The normalized spacial score (nSPS) is 11.7. The lowest BCUT2D eigenvalue weighted by molar-refractivity contribution is 0.584. The van der Waals surface area contributed by atoms with Crippen molar-refractivity contribution in [3.63, 3.8) is 0 Å². The third-order valence-corrected chi connectivity index (χ3v) is 3.80. The van der Waals surface area contributed by atoms with Crippen LogP contribution in [0.15, 0.2) is 58.5 Å². The van der Waals surface area contributed by atoms with Crippen LogP contribution in [-0.2, 0) is 10.0 Å². The molecule has 2 rings (SSSR count). The van der Waals surface area contributed by atoms with E-state index >= 15 is 0 Å². The summed E-state index contributed by atoms with van der Waals surface area (Å²) in [5, 5.41) is 3.62.